The maximum Gasteiger partial charge on any atom is 0.323 e. The van der Waals surface area contributed by atoms with E-state index in [4.69, 9.17) is 5.11 Å². The van der Waals surface area contributed by atoms with Crippen molar-refractivity contribution in [2.24, 2.45) is 11.8 Å². The largest absolute Gasteiger partial charge is 0.480 e. The van der Waals surface area contributed by atoms with Gasteiger partial charge in [0.25, 0.3) is 0 Å². The van der Waals surface area contributed by atoms with E-state index in [0.29, 0.717) is 11.8 Å². The number of nitrogens with zero attached hydrogens (tertiary/aromatic N) is 1. The van der Waals surface area contributed by atoms with E-state index in [9.17, 15) is 9.59 Å². The van der Waals surface area contributed by atoms with Gasteiger partial charge in [0.05, 0.1) is 6.04 Å². The molecule has 0 aromatic heterocycles. The zero-order valence-corrected chi connectivity index (χ0v) is 10.5. The summed E-state index contributed by atoms with van der Waals surface area (Å²) in [5.41, 5.74) is 0. The fourth-order valence-corrected chi connectivity index (χ4v) is 3.56. The van der Waals surface area contributed by atoms with Gasteiger partial charge in [0, 0.05) is 6.04 Å². The van der Waals surface area contributed by atoms with Gasteiger partial charge in [0.2, 0.25) is 5.91 Å². The van der Waals surface area contributed by atoms with Crippen LogP contribution in [0.3, 0.4) is 0 Å². The van der Waals surface area contributed by atoms with Crippen molar-refractivity contribution >= 4 is 11.9 Å². The summed E-state index contributed by atoms with van der Waals surface area (Å²) in [6.07, 6.45) is 5.45. The van der Waals surface area contributed by atoms with Gasteiger partial charge in [-0.25, -0.2) is 0 Å². The number of amides is 1. The quantitative estimate of drug-likeness (QED) is 0.762. The number of aliphatic carboxylic acids is 1. The highest BCUT2D eigenvalue weighted by atomic mass is 16.4. The molecule has 0 aromatic carbocycles. The standard InChI is InChI=1S/C13H20N2O3/c16-11(17)7-15(9-4-5-9)13(18)12-10-3-1-2-8(10)6-14-12/h8-10,12,14H,1-7H2,(H,16,17). The molecule has 100 valence electrons. The van der Waals surface area contributed by atoms with Crippen molar-refractivity contribution in [3.63, 3.8) is 0 Å². The Bertz CT molecular complexity index is 367. The van der Waals surface area contributed by atoms with Crippen molar-refractivity contribution in [2.75, 3.05) is 13.1 Å². The van der Waals surface area contributed by atoms with Crippen LogP contribution in [-0.2, 0) is 9.59 Å². The molecule has 2 N–H and O–H groups in total. The van der Waals surface area contributed by atoms with Gasteiger partial charge in [-0.3, -0.25) is 9.59 Å². The van der Waals surface area contributed by atoms with E-state index in [-0.39, 0.29) is 24.5 Å². The van der Waals surface area contributed by atoms with Gasteiger partial charge in [0.1, 0.15) is 6.54 Å². The maximum absolute atomic E-state index is 12.5. The van der Waals surface area contributed by atoms with Crippen molar-refractivity contribution in [2.45, 2.75) is 44.2 Å². The molecule has 3 fully saturated rings. The Labute approximate surface area is 107 Å². The lowest BCUT2D eigenvalue weighted by Crippen LogP contribution is -2.49. The predicted molar refractivity (Wildman–Crippen MR) is 65.0 cm³/mol. The Balaban J connectivity index is 1.70. The minimum absolute atomic E-state index is 0.0225. The van der Waals surface area contributed by atoms with E-state index in [2.05, 4.69) is 5.32 Å². The molecule has 1 saturated heterocycles. The molecular weight excluding hydrogens is 232 g/mol. The number of carbonyl (C=O) groups excluding carboxylic acids is 1. The lowest BCUT2D eigenvalue weighted by Gasteiger charge is -2.26. The summed E-state index contributed by atoms with van der Waals surface area (Å²) in [5, 5.41) is 12.2. The number of rotatable bonds is 4. The summed E-state index contributed by atoms with van der Waals surface area (Å²) < 4.78 is 0. The molecule has 3 rings (SSSR count). The monoisotopic (exact) mass is 252 g/mol. The molecule has 2 saturated carbocycles. The van der Waals surface area contributed by atoms with Crippen molar-refractivity contribution in [3.8, 4) is 0 Å². The molecule has 5 nitrogen and oxygen atoms in total. The van der Waals surface area contributed by atoms with Gasteiger partial charge in [-0.2, -0.15) is 0 Å². The normalized spacial score (nSPS) is 34.3. The van der Waals surface area contributed by atoms with E-state index in [1.54, 1.807) is 4.90 Å². The average Bonchev–Trinajstić information content (AvgIpc) is 2.91. The number of hydrogen-bond acceptors (Lipinski definition) is 3. The number of carboxylic acid groups (broad SMARTS) is 1. The van der Waals surface area contributed by atoms with Gasteiger partial charge in [-0.1, -0.05) is 6.42 Å². The fourth-order valence-electron chi connectivity index (χ4n) is 3.56. The number of hydrogen-bond donors (Lipinski definition) is 2. The van der Waals surface area contributed by atoms with Crippen molar-refractivity contribution in [3.05, 3.63) is 0 Å². The summed E-state index contributed by atoms with van der Waals surface area (Å²) in [6, 6.07) is 0.0494. The second kappa shape index (κ2) is 4.53. The molecule has 5 heteroatoms. The summed E-state index contributed by atoms with van der Waals surface area (Å²) >= 11 is 0. The first-order valence-corrected chi connectivity index (χ1v) is 6.92. The molecule has 1 heterocycles. The molecule has 3 unspecified atom stereocenters. The molecule has 0 spiro atoms. The van der Waals surface area contributed by atoms with Crippen LogP contribution in [0.1, 0.15) is 32.1 Å². The van der Waals surface area contributed by atoms with E-state index >= 15 is 0 Å². The number of nitrogens with one attached hydrogen (secondary N) is 1. The van der Waals surface area contributed by atoms with Gasteiger partial charge in [0.15, 0.2) is 0 Å². The second-order valence-corrected chi connectivity index (χ2v) is 5.83. The maximum atomic E-state index is 12.5. The van der Waals surface area contributed by atoms with E-state index < -0.39 is 5.97 Å². The van der Waals surface area contributed by atoms with Crippen LogP contribution in [0.5, 0.6) is 0 Å². The number of carboxylic acids is 1. The molecular formula is C13H20N2O3. The molecule has 1 aliphatic heterocycles. The minimum Gasteiger partial charge on any atom is -0.480 e. The third kappa shape index (κ3) is 2.11. The number of carbonyl (C=O) groups is 2. The number of fused-ring (bicyclic) bond motifs is 1. The van der Waals surface area contributed by atoms with Gasteiger partial charge >= 0.3 is 5.97 Å². The Kier molecular flexibility index (Phi) is 3.01. The summed E-state index contributed by atoms with van der Waals surface area (Å²) in [4.78, 5) is 25.0. The predicted octanol–water partition coefficient (Wildman–Crippen LogP) is 0.450. The van der Waals surface area contributed by atoms with Crippen LogP contribution in [-0.4, -0.2) is 47.1 Å². The van der Waals surface area contributed by atoms with Gasteiger partial charge < -0.3 is 15.3 Å². The molecule has 0 bridgehead atoms. The Hall–Kier alpha value is -1.10. The molecule has 1 amide bonds. The zero-order chi connectivity index (χ0) is 12.7. The first kappa shape index (κ1) is 12.0. The van der Waals surface area contributed by atoms with E-state index in [1.165, 1.54) is 12.8 Å². The van der Waals surface area contributed by atoms with Crippen molar-refractivity contribution in [1.82, 2.24) is 10.2 Å². The lowest BCUT2D eigenvalue weighted by atomic mass is 9.93. The van der Waals surface area contributed by atoms with Crippen LogP contribution in [0.15, 0.2) is 0 Å². The third-order valence-electron chi connectivity index (χ3n) is 4.59. The summed E-state index contributed by atoms with van der Waals surface area (Å²) in [6.45, 7) is 0.783. The Morgan fingerprint density at radius 2 is 2.00 bits per heavy atom. The van der Waals surface area contributed by atoms with Crippen molar-refractivity contribution < 1.29 is 14.7 Å². The molecule has 18 heavy (non-hydrogen) atoms. The summed E-state index contributed by atoms with van der Waals surface area (Å²) in [7, 11) is 0. The smallest absolute Gasteiger partial charge is 0.323 e. The highest BCUT2D eigenvalue weighted by Crippen LogP contribution is 2.39. The first-order valence-electron chi connectivity index (χ1n) is 6.92. The summed E-state index contributed by atoms with van der Waals surface area (Å²) in [5.74, 6) is 0.183. The van der Waals surface area contributed by atoms with Crippen LogP contribution in [0, 0.1) is 11.8 Å². The highest BCUT2D eigenvalue weighted by molar-refractivity contribution is 5.86. The minimum atomic E-state index is -0.906. The topological polar surface area (TPSA) is 69.6 Å². The molecule has 2 aliphatic carbocycles. The van der Waals surface area contributed by atoms with Crippen LogP contribution >= 0.6 is 0 Å². The van der Waals surface area contributed by atoms with Crippen molar-refractivity contribution in [1.29, 1.82) is 0 Å². The van der Waals surface area contributed by atoms with Crippen LogP contribution < -0.4 is 5.32 Å². The molecule has 3 aliphatic rings. The van der Waals surface area contributed by atoms with Crippen LogP contribution in [0.4, 0.5) is 0 Å². The average molecular weight is 252 g/mol. The van der Waals surface area contributed by atoms with E-state index in [0.717, 1.165) is 25.8 Å². The Morgan fingerprint density at radius 3 is 2.67 bits per heavy atom. The van der Waals surface area contributed by atoms with Gasteiger partial charge in [-0.05, 0) is 44.1 Å². The zero-order valence-electron chi connectivity index (χ0n) is 10.5. The first-order chi connectivity index (χ1) is 8.66. The second-order valence-electron chi connectivity index (χ2n) is 5.83. The van der Waals surface area contributed by atoms with Gasteiger partial charge in [-0.15, -0.1) is 0 Å². The Morgan fingerprint density at radius 1 is 1.22 bits per heavy atom. The fraction of sp³-hybridized carbons (Fsp3) is 0.846. The SMILES string of the molecule is O=C(O)CN(C(=O)C1NCC2CCCC21)C1CC1. The molecule has 0 aromatic rings. The lowest BCUT2D eigenvalue weighted by molar-refractivity contribution is -0.146. The van der Waals surface area contributed by atoms with Crippen LogP contribution in [0.25, 0.3) is 0 Å². The molecule has 0 radical (unpaired) electrons. The van der Waals surface area contributed by atoms with Crippen LogP contribution in [0.2, 0.25) is 0 Å². The third-order valence-corrected chi connectivity index (χ3v) is 4.59. The molecule has 3 atom stereocenters. The highest BCUT2D eigenvalue weighted by Gasteiger charge is 2.46. The van der Waals surface area contributed by atoms with E-state index in [1.807, 2.05) is 0 Å².